The Morgan fingerprint density at radius 3 is 2.60 bits per heavy atom. The minimum absolute atomic E-state index is 0.104. The molecule has 1 saturated heterocycles. The van der Waals surface area contributed by atoms with E-state index in [-0.39, 0.29) is 22.8 Å². The number of para-hydroxylation sites is 1. The zero-order chi connectivity index (χ0) is 29.4. The van der Waals surface area contributed by atoms with Gasteiger partial charge in [-0.25, -0.2) is 4.98 Å². The number of hydrogen-bond acceptors (Lipinski definition) is 7. The molecule has 0 spiro atoms. The van der Waals surface area contributed by atoms with Gasteiger partial charge in [0.05, 0.1) is 11.9 Å². The van der Waals surface area contributed by atoms with Crippen molar-refractivity contribution in [2.24, 2.45) is 5.73 Å². The number of pyridine rings is 1. The Bertz CT molecular complexity index is 1740. The Morgan fingerprint density at radius 2 is 1.83 bits per heavy atom. The van der Waals surface area contributed by atoms with Gasteiger partial charge in [0.25, 0.3) is 5.91 Å². The Labute approximate surface area is 244 Å². The lowest BCUT2D eigenvalue weighted by atomic mass is 9.88. The number of primary amides is 1. The summed E-state index contributed by atoms with van der Waals surface area (Å²) in [5.41, 5.74) is 10.8. The van der Waals surface area contributed by atoms with Crippen molar-refractivity contribution in [3.8, 4) is 5.69 Å². The summed E-state index contributed by atoms with van der Waals surface area (Å²) in [4.78, 5) is 51.0. The predicted octanol–water partition coefficient (Wildman–Crippen LogP) is 3.38. The van der Waals surface area contributed by atoms with Gasteiger partial charge in [-0.2, -0.15) is 4.98 Å². The number of aromatic nitrogens is 3. The molecule has 2 aromatic heterocycles. The van der Waals surface area contributed by atoms with E-state index in [4.69, 9.17) is 10.7 Å². The van der Waals surface area contributed by atoms with Crippen LogP contribution in [0, 0.1) is 0 Å². The van der Waals surface area contributed by atoms with Crippen molar-refractivity contribution in [1.82, 2.24) is 24.3 Å². The number of fused-ring (bicyclic) bond motifs is 2. The molecule has 6 rings (SSSR count). The lowest BCUT2D eigenvalue weighted by Gasteiger charge is -2.33. The van der Waals surface area contributed by atoms with Crippen molar-refractivity contribution in [2.45, 2.75) is 38.0 Å². The largest absolute Gasteiger partial charge is 0.365 e. The van der Waals surface area contributed by atoms with Gasteiger partial charge in [0.15, 0.2) is 5.65 Å². The number of likely N-dealkylation sites (N-methyl/N-ethyl adjacent to an activating group) is 1. The van der Waals surface area contributed by atoms with E-state index in [1.54, 1.807) is 4.57 Å². The Hall–Kier alpha value is -4.57. The number of nitrogens with one attached hydrogen (secondary N) is 1. The molecule has 2 aliphatic rings. The first-order chi connectivity index (χ1) is 20.3. The van der Waals surface area contributed by atoms with Gasteiger partial charge < -0.3 is 25.4 Å². The number of rotatable bonds is 7. The van der Waals surface area contributed by atoms with Crippen LogP contribution in [0.3, 0.4) is 0 Å². The summed E-state index contributed by atoms with van der Waals surface area (Å²) in [6.07, 6.45) is 7.83. The van der Waals surface area contributed by atoms with E-state index < -0.39 is 11.3 Å². The molecule has 0 bridgehead atoms. The molecule has 42 heavy (non-hydrogen) atoms. The van der Waals surface area contributed by atoms with Crippen LogP contribution in [0.15, 0.2) is 59.7 Å². The minimum atomic E-state index is -0.789. The molecule has 10 heteroatoms. The molecule has 4 aromatic rings. The summed E-state index contributed by atoms with van der Waals surface area (Å²) in [6, 6.07) is 14.3. The first-order valence-corrected chi connectivity index (χ1v) is 14.4. The molecule has 3 heterocycles. The van der Waals surface area contributed by atoms with E-state index >= 15 is 0 Å². The zero-order valence-corrected chi connectivity index (χ0v) is 24.0. The van der Waals surface area contributed by atoms with Crippen molar-refractivity contribution < 1.29 is 9.59 Å². The van der Waals surface area contributed by atoms with Crippen LogP contribution in [-0.2, 0) is 17.6 Å². The molecular formula is C32H35N7O3. The van der Waals surface area contributed by atoms with Crippen LogP contribution in [0.5, 0.6) is 0 Å². The average molecular weight is 566 g/mol. The van der Waals surface area contributed by atoms with E-state index in [2.05, 4.69) is 28.5 Å². The maximum absolute atomic E-state index is 13.2. The zero-order valence-electron chi connectivity index (χ0n) is 24.0. The van der Waals surface area contributed by atoms with Gasteiger partial charge in [0.1, 0.15) is 5.56 Å². The second-order valence-corrected chi connectivity index (χ2v) is 11.4. The fraction of sp³-hybridized carbons (Fsp3) is 0.344. The standard InChI is InChI=1S/C32H35N7O3/c1-37(2)19-28(40)38-14-12-21(13-15-38)24-8-3-4-9-27(24)35-32-34-17-25-29(41)26(30(33)42)18-39(31(25)36-32)23-11-10-20-6-5-7-22(20)16-23/h3-4,8-11,16-18,21H,5-7,12-15,19H2,1-2H3,(H2,33,42)(H,34,35,36). The summed E-state index contributed by atoms with van der Waals surface area (Å²) in [5, 5.41) is 3.61. The molecule has 216 valence electrons. The number of anilines is 2. The van der Waals surface area contributed by atoms with Crippen LogP contribution in [0.1, 0.15) is 52.2 Å². The van der Waals surface area contributed by atoms with Crippen molar-refractivity contribution in [2.75, 3.05) is 39.0 Å². The van der Waals surface area contributed by atoms with Gasteiger partial charge >= 0.3 is 0 Å². The average Bonchev–Trinajstić information content (AvgIpc) is 3.45. The highest BCUT2D eigenvalue weighted by molar-refractivity contribution is 5.96. The smallest absolute Gasteiger partial charge is 0.254 e. The molecular weight excluding hydrogens is 530 g/mol. The van der Waals surface area contributed by atoms with Crippen molar-refractivity contribution in [1.29, 1.82) is 0 Å². The Morgan fingerprint density at radius 1 is 1.07 bits per heavy atom. The summed E-state index contributed by atoms with van der Waals surface area (Å²) < 4.78 is 1.76. The number of aryl methyl sites for hydroxylation is 2. The molecule has 1 aliphatic heterocycles. The highest BCUT2D eigenvalue weighted by atomic mass is 16.2. The van der Waals surface area contributed by atoms with Crippen molar-refractivity contribution in [3.05, 3.63) is 87.3 Å². The molecule has 0 saturated carbocycles. The number of amides is 2. The number of carbonyl (C=O) groups excluding carboxylic acids is 2. The molecule has 2 amide bonds. The summed E-state index contributed by atoms with van der Waals surface area (Å²) in [5.74, 6) is -0.0132. The minimum Gasteiger partial charge on any atom is -0.365 e. The van der Waals surface area contributed by atoms with Crippen LogP contribution < -0.4 is 16.5 Å². The number of likely N-dealkylation sites (tertiary alicyclic amines) is 1. The molecule has 2 aromatic carbocycles. The van der Waals surface area contributed by atoms with Gasteiger partial charge in [0.2, 0.25) is 17.3 Å². The first-order valence-electron chi connectivity index (χ1n) is 14.4. The second-order valence-electron chi connectivity index (χ2n) is 11.4. The number of piperidine rings is 1. The molecule has 1 aliphatic carbocycles. The van der Waals surface area contributed by atoms with Crippen LogP contribution in [0.25, 0.3) is 16.7 Å². The molecule has 3 N–H and O–H groups in total. The molecule has 0 atom stereocenters. The molecule has 1 fully saturated rings. The van der Waals surface area contributed by atoms with Crippen LogP contribution in [0.2, 0.25) is 0 Å². The van der Waals surface area contributed by atoms with Crippen molar-refractivity contribution in [3.63, 3.8) is 0 Å². The van der Waals surface area contributed by atoms with Gasteiger partial charge in [0, 0.05) is 36.9 Å². The van der Waals surface area contributed by atoms with E-state index in [0.29, 0.717) is 31.2 Å². The van der Waals surface area contributed by atoms with E-state index in [1.807, 2.05) is 48.2 Å². The van der Waals surface area contributed by atoms with Crippen LogP contribution >= 0.6 is 0 Å². The SMILES string of the molecule is CN(C)CC(=O)N1CCC(c2ccccc2Nc2ncc3c(=O)c(C(N)=O)cn(-c4ccc5c(c4)CCC5)c3n2)CC1. The van der Waals surface area contributed by atoms with Crippen LogP contribution in [0.4, 0.5) is 11.6 Å². The highest BCUT2D eigenvalue weighted by Crippen LogP contribution is 2.34. The third kappa shape index (κ3) is 5.37. The Balaban J connectivity index is 1.33. The predicted molar refractivity (Wildman–Crippen MR) is 163 cm³/mol. The first kappa shape index (κ1) is 27.6. The second kappa shape index (κ2) is 11.4. The Kier molecular flexibility index (Phi) is 7.47. The number of benzene rings is 2. The van der Waals surface area contributed by atoms with E-state index in [0.717, 1.165) is 49.0 Å². The van der Waals surface area contributed by atoms with Crippen molar-refractivity contribution >= 4 is 34.5 Å². The lowest BCUT2D eigenvalue weighted by Crippen LogP contribution is -2.42. The molecule has 0 radical (unpaired) electrons. The number of carbonyl (C=O) groups is 2. The third-order valence-corrected chi connectivity index (χ3v) is 8.32. The summed E-state index contributed by atoms with van der Waals surface area (Å²) in [6.45, 7) is 1.85. The lowest BCUT2D eigenvalue weighted by molar-refractivity contribution is -0.132. The number of nitrogens with zero attached hydrogens (tertiary/aromatic N) is 5. The topological polar surface area (TPSA) is 126 Å². The van der Waals surface area contributed by atoms with Gasteiger partial charge in [-0.15, -0.1) is 0 Å². The van der Waals surface area contributed by atoms with Gasteiger partial charge in [-0.3, -0.25) is 14.4 Å². The maximum atomic E-state index is 13.2. The number of nitrogens with two attached hydrogens (primary N) is 1. The van der Waals surface area contributed by atoms with Crippen LogP contribution in [-0.4, -0.2) is 69.9 Å². The quantitative estimate of drug-likeness (QED) is 0.352. The van der Waals surface area contributed by atoms with Gasteiger partial charge in [-0.1, -0.05) is 24.3 Å². The normalized spacial score (nSPS) is 15.3. The van der Waals surface area contributed by atoms with E-state index in [1.165, 1.54) is 23.5 Å². The molecule has 0 unspecified atom stereocenters. The van der Waals surface area contributed by atoms with Gasteiger partial charge in [-0.05, 0) is 87.0 Å². The third-order valence-electron chi connectivity index (χ3n) is 8.32. The fourth-order valence-corrected chi connectivity index (χ4v) is 6.15. The maximum Gasteiger partial charge on any atom is 0.254 e. The highest BCUT2D eigenvalue weighted by Gasteiger charge is 2.26. The summed E-state index contributed by atoms with van der Waals surface area (Å²) >= 11 is 0. The summed E-state index contributed by atoms with van der Waals surface area (Å²) in [7, 11) is 3.81. The number of hydrogen-bond donors (Lipinski definition) is 2. The monoisotopic (exact) mass is 565 g/mol. The van der Waals surface area contributed by atoms with E-state index in [9.17, 15) is 14.4 Å². The molecule has 10 nitrogen and oxygen atoms in total. The fourth-order valence-electron chi connectivity index (χ4n) is 6.15.